The molecular weight excluding hydrogens is 328 g/mol. The molecule has 2 saturated carbocycles. The van der Waals surface area contributed by atoms with Crippen LogP contribution in [0.5, 0.6) is 0 Å². The van der Waals surface area contributed by atoms with Gasteiger partial charge in [0.1, 0.15) is 0 Å². The van der Waals surface area contributed by atoms with E-state index in [0.29, 0.717) is 0 Å². The predicted molar refractivity (Wildman–Crippen MR) is 105 cm³/mol. The highest BCUT2D eigenvalue weighted by atomic mass is 16.2. The summed E-state index contributed by atoms with van der Waals surface area (Å²) >= 11 is 0. The summed E-state index contributed by atoms with van der Waals surface area (Å²) in [5, 5.41) is 8.26. The zero-order chi connectivity index (χ0) is 18.8. The Morgan fingerprint density at radius 3 is 1.42 bits per heavy atom. The fourth-order valence-electron chi connectivity index (χ4n) is 4.00. The molecule has 2 fully saturated rings. The van der Waals surface area contributed by atoms with Crippen LogP contribution in [0.25, 0.3) is 0 Å². The molecule has 0 aromatic heterocycles. The SMILES string of the molecule is CCCC1CCC(=NNC(=O)C(=O)NN=C2CCC(CCC)CC2)CC1. The third-order valence-corrected chi connectivity index (χ3v) is 5.60. The van der Waals surface area contributed by atoms with E-state index in [1.165, 1.54) is 25.7 Å². The molecule has 26 heavy (non-hydrogen) atoms. The number of carbonyl (C=O) groups is 2. The molecule has 0 bridgehead atoms. The summed E-state index contributed by atoms with van der Waals surface area (Å²) in [5.41, 5.74) is 6.73. The van der Waals surface area contributed by atoms with Crippen molar-refractivity contribution in [2.45, 2.75) is 90.9 Å². The van der Waals surface area contributed by atoms with Crippen LogP contribution in [-0.4, -0.2) is 23.2 Å². The zero-order valence-corrected chi connectivity index (χ0v) is 16.4. The average molecular weight is 363 g/mol. The first kappa shape index (κ1) is 20.6. The third-order valence-electron chi connectivity index (χ3n) is 5.60. The molecule has 6 nitrogen and oxygen atoms in total. The normalized spacial score (nSPS) is 23.3. The summed E-state index contributed by atoms with van der Waals surface area (Å²) in [6, 6.07) is 0. The Balaban J connectivity index is 1.69. The van der Waals surface area contributed by atoms with Crippen LogP contribution in [0.15, 0.2) is 10.2 Å². The van der Waals surface area contributed by atoms with Crippen LogP contribution in [0.3, 0.4) is 0 Å². The lowest BCUT2D eigenvalue weighted by atomic mass is 9.85. The standard InChI is InChI=1S/C20H34N4O2/c1-3-5-15-7-11-17(12-8-15)21-23-19(25)20(26)24-22-18-13-9-16(6-4-2)10-14-18/h15-16H,3-14H2,1-2H3,(H,23,25)(H,24,26). The van der Waals surface area contributed by atoms with Crippen LogP contribution in [-0.2, 0) is 9.59 Å². The summed E-state index contributed by atoms with van der Waals surface area (Å²) in [7, 11) is 0. The molecule has 0 radical (unpaired) electrons. The first-order valence-electron chi connectivity index (χ1n) is 10.3. The first-order valence-corrected chi connectivity index (χ1v) is 10.3. The minimum atomic E-state index is -0.739. The molecule has 2 aliphatic carbocycles. The van der Waals surface area contributed by atoms with Gasteiger partial charge in [-0.1, -0.05) is 39.5 Å². The van der Waals surface area contributed by atoms with Gasteiger partial charge in [-0.3, -0.25) is 9.59 Å². The summed E-state index contributed by atoms with van der Waals surface area (Å²) in [5.74, 6) is 0.0804. The Kier molecular flexibility index (Phi) is 8.78. The summed E-state index contributed by atoms with van der Waals surface area (Å²) < 4.78 is 0. The highest BCUT2D eigenvalue weighted by Gasteiger charge is 2.19. The van der Waals surface area contributed by atoms with Gasteiger partial charge in [-0.2, -0.15) is 10.2 Å². The van der Waals surface area contributed by atoms with Crippen molar-refractivity contribution in [1.29, 1.82) is 0 Å². The minimum Gasteiger partial charge on any atom is -0.262 e. The molecule has 0 spiro atoms. The molecule has 0 aliphatic heterocycles. The summed E-state index contributed by atoms with van der Waals surface area (Å²) in [4.78, 5) is 23.7. The quantitative estimate of drug-likeness (QED) is 0.555. The van der Waals surface area contributed by atoms with E-state index in [0.717, 1.165) is 74.6 Å². The van der Waals surface area contributed by atoms with Gasteiger partial charge in [0.15, 0.2) is 0 Å². The van der Waals surface area contributed by atoms with Crippen LogP contribution < -0.4 is 10.9 Å². The number of hydrogen-bond donors (Lipinski definition) is 2. The van der Waals surface area contributed by atoms with Gasteiger partial charge in [0, 0.05) is 11.4 Å². The molecule has 146 valence electrons. The number of hydrogen-bond acceptors (Lipinski definition) is 4. The second-order valence-electron chi connectivity index (χ2n) is 7.70. The van der Waals surface area contributed by atoms with Gasteiger partial charge in [-0.25, -0.2) is 10.9 Å². The lowest BCUT2D eigenvalue weighted by molar-refractivity contribution is -0.139. The van der Waals surface area contributed by atoms with E-state index < -0.39 is 11.8 Å². The van der Waals surface area contributed by atoms with Crippen molar-refractivity contribution >= 4 is 23.2 Å². The van der Waals surface area contributed by atoms with Gasteiger partial charge >= 0.3 is 11.8 Å². The van der Waals surface area contributed by atoms with Gasteiger partial charge in [0.05, 0.1) is 0 Å². The molecule has 0 aromatic carbocycles. The van der Waals surface area contributed by atoms with Crippen LogP contribution in [0.1, 0.15) is 90.9 Å². The Bertz CT molecular complexity index is 474. The fraction of sp³-hybridized carbons (Fsp3) is 0.800. The van der Waals surface area contributed by atoms with Crippen molar-refractivity contribution in [3.63, 3.8) is 0 Å². The van der Waals surface area contributed by atoms with E-state index in [9.17, 15) is 9.59 Å². The lowest BCUT2D eigenvalue weighted by Gasteiger charge is -2.22. The fourth-order valence-corrected chi connectivity index (χ4v) is 4.00. The highest BCUT2D eigenvalue weighted by molar-refractivity contribution is 6.35. The summed E-state index contributed by atoms with van der Waals surface area (Å²) in [6.45, 7) is 4.42. The van der Waals surface area contributed by atoms with Gasteiger partial charge in [0.25, 0.3) is 0 Å². The second-order valence-corrected chi connectivity index (χ2v) is 7.70. The first-order chi connectivity index (χ1) is 12.6. The van der Waals surface area contributed by atoms with E-state index in [2.05, 4.69) is 34.9 Å². The van der Waals surface area contributed by atoms with Crippen molar-refractivity contribution in [2.24, 2.45) is 22.0 Å². The van der Waals surface area contributed by atoms with Gasteiger partial charge in [-0.05, 0) is 63.2 Å². The van der Waals surface area contributed by atoms with Gasteiger partial charge < -0.3 is 0 Å². The number of carbonyl (C=O) groups excluding carboxylic acids is 2. The van der Waals surface area contributed by atoms with Crippen molar-refractivity contribution in [1.82, 2.24) is 10.9 Å². The maximum absolute atomic E-state index is 11.9. The number of nitrogens with zero attached hydrogens (tertiary/aromatic N) is 2. The molecule has 2 aliphatic rings. The van der Waals surface area contributed by atoms with Crippen molar-refractivity contribution in [2.75, 3.05) is 0 Å². The van der Waals surface area contributed by atoms with Gasteiger partial charge in [-0.15, -0.1) is 0 Å². The summed E-state index contributed by atoms with van der Waals surface area (Å²) in [6.07, 6.45) is 13.1. The number of amides is 2. The highest BCUT2D eigenvalue weighted by Crippen LogP contribution is 2.26. The predicted octanol–water partition coefficient (Wildman–Crippen LogP) is 3.91. The molecule has 6 heteroatoms. The Morgan fingerprint density at radius 2 is 1.12 bits per heavy atom. The molecule has 0 unspecified atom stereocenters. The maximum atomic E-state index is 11.9. The Hall–Kier alpha value is -1.72. The number of rotatable bonds is 6. The number of nitrogens with one attached hydrogen (secondary N) is 2. The molecule has 0 aromatic rings. The number of hydrazone groups is 2. The van der Waals surface area contributed by atoms with E-state index >= 15 is 0 Å². The topological polar surface area (TPSA) is 82.9 Å². The van der Waals surface area contributed by atoms with E-state index in [4.69, 9.17) is 0 Å². The Morgan fingerprint density at radius 1 is 0.769 bits per heavy atom. The van der Waals surface area contributed by atoms with Crippen molar-refractivity contribution in [3.05, 3.63) is 0 Å². The van der Waals surface area contributed by atoms with Crippen molar-refractivity contribution < 1.29 is 9.59 Å². The monoisotopic (exact) mass is 362 g/mol. The smallest absolute Gasteiger partial charge is 0.262 e. The third kappa shape index (κ3) is 6.89. The van der Waals surface area contributed by atoms with Crippen LogP contribution >= 0.6 is 0 Å². The molecule has 2 rings (SSSR count). The second kappa shape index (κ2) is 11.1. The molecule has 2 N–H and O–H groups in total. The Labute approximate surface area is 157 Å². The van der Waals surface area contributed by atoms with E-state index in [-0.39, 0.29) is 0 Å². The lowest BCUT2D eigenvalue weighted by Crippen LogP contribution is -2.36. The van der Waals surface area contributed by atoms with Crippen molar-refractivity contribution in [3.8, 4) is 0 Å². The minimum absolute atomic E-state index is 0.739. The van der Waals surface area contributed by atoms with Crippen LogP contribution in [0, 0.1) is 11.8 Å². The van der Waals surface area contributed by atoms with E-state index in [1.807, 2.05) is 0 Å². The maximum Gasteiger partial charge on any atom is 0.331 e. The average Bonchev–Trinajstić information content (AvgIpc) is 2.67. The molecule has 2 amide bonds. The zero-order valence-electron chi connectivity index (χ0n) is 16.4. The van der Waals surface area contributed by atoms with Crippen LogP contribution in [0.2, 0.25) is 0 Å². The van der Waals surface area contributed by atoms with E-state index in [1.54, 1.807) is 0 Å². The molecule has 0 atom stereocenters. The molecule has 0 heterocycles. The molecular formula is C20H34N4O2. The largest absolute Gasteiger partial charge is 0.331 e. The van der Waals surface area contributed by atoms with Gasteiger partial charge in [0.2, 0.25) is 0 Å². The van der Waals surface area contributed by atoms with Crippen LogP contribution in [0.4, 0.5) is 0 Å². The molecule has 0 saturated heterocycles.